The van der Waals surface area contributed by atoms with Gasteiger partial charge in [0.1, 0.15) is 12.7 Å². The lowest BCUT2D eigenvalue weighted by Crippen LogP contribution is -2.11. The van der Waals surface area contributed by atoms with Gasteiger partial charge in [0, 0.05) is 23.1 Å². The van der Waals surface area contributed by atoms with Crippen molar-refractivity contribution in [3.8, 4) is 5.69 Å². The van der Waals surface area contributed by atoms with Crippen molar-refractivity contribution >= 4 is 22.4 Å². The molecule has 9 heteroatoms. The number of anilines is 1. The van der Waals surface area contributed by atoms with E-state index in [1.807, 2.05) is 0 Å². The number of carbonyl (C=O) groups is 1. The van der Waals surface area contributed by atoms with E-state index in [0.717, 1.165) is 22.7 Å². The number of hydrogen-bond donors (Lipinski definition) is 1. The van der Waals surface area contributed by atoms with Crippen LogP contribution >= 0.6 is 11.3 Å². The third-order valence-electron chi connectivity index (χ3n) is 3.95. The summed E-state index contributed by atoms with van der Waals surface area (Å²) in [4.78, 5) is 21.3. The van der Waals surface area contributed by atoms with Gasteiger partial charge in [-0.25, -0.2) is 23.4 Å². The molecule has 0 unspecified atom stereocenters. The van der Waals surface area contributed by atoms with Gasteiger partial charge in [0.25, 0.3) is 5.91 Å². The lowest BCUT2D eigenvalue weighted by molar-refractivity contribution is 0.102. The summed E-state index contributed by atoms with van der Waals surface area (Å²) in [7, 11) is 0. The molecular weight excluding hydrogens is 384 g/mol. The topological polar surface area (TPSA) is 72.7 Å². The quantitative estimate of drug-likeness (QED) is 0.555. The van der Waals surface area contributed by atoms with Crippen LogP contribution in [-0.4, -0.2) is 25.7 Å². The zero-order valence-electron chi connectivity index (χ0n) is 14.3. The molecule has 0 saturated heterocycles. The number of carbonyl (C=O) groups excluding carboxylic acids is 1. The van der Waals surface area contributed by atoms with Gasteiger partial charge in [0.2, 0.25) is 0 Å². The molecule has 0 fully saturated rings. The van der Waals surface area contributed by atoms with Crippen LogP contribution in [0.1, 0.15) is 20.8 Å². The molecule has 0 saturated carbocycles. The maximum Gasteiger partial charge on any atom is 0.257 e. The van der Waals surface area contributed by atoms with Gasteiger partial charge in [-0.3, -0.25) is 10.1 Å². The van der Waals surface area contributed by atoms with E-state index in [1.165, 1.54) is 23.7 Å². The number of nitrogens with zero attached hydrogens (tertiary/aromatic N) is 4. The van der Waals surface area contributed by atoms with Gasteiger partial charge < -0.3 is 0 Å². The van der Waals surface area contributed by atoms with Gasteiger partial charge >= 0.3 is 0 Å². The van der Waals surface area contributed by atoms with Crippen molar-refractivity contribution in [1.29, 1.82) is 0 Å². The van der Waals surface area contributed by atoms with Crippen molar-refractivity contribution in [3.63, 3.8) is 0 Å². The van der Waals surface area contributed by atoms with Crippen molar-refractivity contribution in [2.24, 2.45) is 0 Å². The van der Waals surface area contributed by atoms with Crippen LogP contribution in [0.5, 0.6) is 0 Å². The van der Waals surface area contributed by atoms with Gasteiger partial charge in [0.05, 0.1) is 5.69 Å². The standard InChI is InChI=1S/C19H13F2N5OS/c20-16-6-1-12(8-17(16)21)7-15-9-23-19(28-15)25-18(27)13-2-4-14(5-3-13)26-11-22-10-24-26/h1-6,8-11H,7H2,(H,23,25,27). The fraction of sp³-hybridized carbons (Fsp3) is 0.0526. The van der Waals surface area contributed by atoms with Crippen LogP contribution in [0.4, 0.5) is 13.9 Å². The molecule has 4 rings (SSSR count). The largest absolute Gasteiger partial charge is 0.298 e. The number of aromatic nitrogens is 4. The Morgan fingerprint density at radius 3 is 2.64 bits per heavy atom. The predicted octanol–water partition coefficient (Wildman–Crippen LogP) is 3.85. The van der Waals surface area contributed by atoms with E-state index in [0.29, 0.717) is 22.7 Å². The van der Waals surface area contributed by atoms with Crippen LogP contribution in [0.3, 0.4) is 0 Å². The Morgan fingerprint density at radius 1 is 1.11 bits per heavy atom. The second-order valence-electron chi connectivity index (χ2n) is 5.90. The molecule has 140 valence electrons. The van der Waals surface area contributed by atoms with E-state index in [1.54, 1.807) is 41.5 Å². The fourth-order valence-electron chi connectivity index (χ4n) is 2.57. The molecule has 4 aromatic rings. The first-order valence-corrected chi connectivity index (χ1v) is 9.05. The first kappa shape index (κ1) is 17.9. The van der Waals surface area contributed by atoms with Gasteiger partial charge in [-0.05, 0) is 42.0 Å². The SMILES string of the molecule is O=C(Nc1ncc(Cc2ccc(F)c(F)c2)s1)c1ccc(-n2cncn2)cc1. The minimum Gasteiger partial charge on any atom is -0.298 e. The molecule has 28 heavy (non-hydrogen) atoms. The minimum atomic E-state index is -0.884. The Bertz CT molecular complexity index is 1110. The van der Waals surface area contributed by atoms with Crippen LogP contribution in [0.2, 0.25) is 0 Å². The molecule has 2 heterocycles. The summed E-state index contributed by atoms with van der Waals surface area (Å²) < 4.78 is 27.9. The van der Waals surface area contributed by atoms with Crippen molar-refractivity contribution < 1.29 is 13.6 Å². The van der Waals surface area contributed by atoms with Crippen molar-refractivity contribution in [2.75, 3.05) is 5.32 Å². The molecule has 0 radical (unpaired) electrons. The highest BCUT2D eigenvalue weighted by Gasteiger charge is 2.11. The van der Waals surface area contributed by atoms with Crippen molar-refractivity contribution in [2.45, 2.75) is 6.42 Å². The zero-order valence-corrected chi connectivity index (χ0v) is 15.2. The third-order valence-corrected chi connectivity index (χ3v) is 4.86. The fourth-order valence-corrected chi connectivity index (χ4v) is 3.42. The Balaban J connectivity index is 1.41. The Morgan fingerprint density at radius 2 is 1.93 bits per heavy atom. The lowest BCUT2D eigenvalue weighted by Gasteiger charge is -2.04. The number of nitrogens with one attached hydrogen (secondary N) is 1. The molecule has 1 N–H and O–H groups in total. The predicted molar refractivity (Wildman–Crippen MR) is 101 cm³/mol. The van der Waals surface area contributed by atoms with E-state index in [9.17, 15) is 13.6 Å². The number of amides is 1. The van der Waals surface area contributed by atoms with Crippen LogP contribution in [0.25, 0.3) is 5.69 Å². The van der Waals surface area contributed by atoms with Crippen molar-refractivity contribution in [3.05, 3.63) is 89.0 Å². The first-order valence-electron chi connectivity index (χ1n) is 8.23. The molecule has 6 nitrogen and oxygen atoms in total. The highest BCUT2D eigenvalue weighted by atomic mass is 32.1. The molecule has 1 amide bonds. The Labute approximate surface area is 162 Å². The van der Waals surface area contributed by atoms with Gasteiger partial charge in [-0.15, -0.1) is 11.3 Å². The molecule has 0 atom stereocenters. The molecule has 0 aliphatic rings. The lowest BCUT2D eigenvalue weighted by atomic mass is 10.1. The van der Waals surface area contributed by atoms with Gasteiger partial charge in [-0.2, -0.15) is 5.10 Å². The second-order valence-corrected chi connectivity index (χ2v) is 7.01. The number of rotatable bonds is 5. The van der Waals surface area contributed by atoms with E-state index in [4.69, 9.17) is 0 Å². The van der Waals surface area contributed by atoms with Crippen molar-refractivity contribution in [1.82, 2.24) is 19.7 Å². The van der Waals surface area contributed by atoms with Crippen LogP contribution in [-0.2, 0) is 6.42 Å². The monoisotopic (exact) mass is 397 g/mol. The second kappa shape index (κ2) is 7.65. The maximum atomic E-state index is 13.3. The highest BCUT2D eigenvalue weighted by molar-refractivity contribution is 7.15. The van der Waals surface area contributed by atoms with Crippen LogP contribution in [0, 0.1) is 11.6 Å². The average Bonchev–Trinajstić information content (AvgIpc) is 3.37. The molecule has 0 aliphatic carbocycles. The summed E-state index contributed by atoms with van der Waals surface area (Å²) in [5, 5.41) is 7.20. The average molecular weight is 397 g/mol. The Kier molecular flexibility index (Phi) is 4.90. The van der Waals surface area contributed by atoms with Gasteiger partial charge in [0.15, 0.2) is 16.8 Å². The number of benzene rings is 2. The summed E-state index contributed by atoms with van der Waals surface area (Å²) in [5.74, 6) is -2.06. The minimum absolute atomic E-state index is 0.293. The molecule has 0 aliphatic heterocycles. The number of thiazole rings is 1. The van der Waals surface area contributed by atoms with E-state index in [2.05, 4.69) is 20.4 Å². The molecule has 0 spiro atoms. The maximum absolute atomic E-state index is 13.3. The molecule has 0 bridgehead atoms. The highest BCUT2D eigenvalue weighted by Crippen LogP contribution is 2.22. The molecule has 2 aromatic heterocycles. The summed E-state index contributed by atoms with van der Waals surface area (Å²) in [6, 6.07) is 10.7. The Hall–Kier alpha value is -3.46. The van der Waals surface area contributed by atoms with E-state index < -0.39 is 11.6 Å². The third kappa shape index (κ3) is 3.94. The van der Waals surface area contributed by atoms with Gasteiger partial charge in [-0.1, -0.05) is 6.07 Å². The molecular formula is C19H13F2N5OS. The van der Waals surface area contributed by atoms with Crippen LogP contribution < -0.4 is 5.32 Å². The number of hydrogen-bond acceptors (Lipinski definition) is 5. The zero-order chi connectivity index (χ0) is 19.5. The smallest absolute Gasteiger partial charge is 0.257 e. The van der Waals surface area contributed by atoms with E-state index in [-0.39, 0.29) is 5.91 Å². The number of halogens is 2. The summed E-state index contributed by atoms with van der Waals surface area (Å²) in [6.07, 6.45) is 5.01. The first-order chi connectivity index (χ1) is 13.6. The summed E-state index contributed by atoms with van der Waals surface area (Å²) >= 11 is 1.28. The summed E-state index contributed by atoms with van der Waals surface area (Å²) in [5.41, 5.74) is 1.89. The normalized spacial score (nSPS) is 10.8. The van der Waals surface area contributed by atoms with Crippen LogP contribution in [0.15, 0.2) is 61.3 Å². The summed E-state index contributed by atoms with van der Waals surface area (Å²) in [6.45, 7) is 0. The van der Waals surface area contributed by atoms with E-state index >= 15 is 0 Å². The molecule has 2 aromatic carbocycles.